The van der Waals surface area contributed by atoms with Crippen LogP contribution in [0.3, 0.4) is 0 Å². The van der Waals surface area contributed by atoms with Gasteiger partial charge in [0.05, 0.1) is 19.2 Å². The molecule has 11 nitrogen and oxygen atoms in total. The van der Waals surface area contributed by atoms with E-state index in [1.54, 1.807) is 0 Å². The van der Waals surface area contributed by atoms with Crippen LogP contribution in [0, 0.1) is 6.92 Å². The lowest BCUT2D eigenvalue weighted by atomic mass is 9.94. The Kier molecular flexibility index (Phi) is 12.2. The third kappa shape index (κ3) is 8.61. The molecular weight excluding hydrogens is 584 g/mol. The van der Waals surface area contributed by atoms with Gasteiger partial charge in [-0.15, -0.1) is 0 Å². The first-order valence-electron chi connectivity index (χ1n) is 15.7. The largest absolute Gasteiger partial charge is 0.507 e. The number of unbranched alkanes of at least 4 members (excludes halogenated alkanes) is 3. The highest BCUT2D eigenvalue weighted by atomic mass is 32.2. The molecule has 5 N–H and O–H groups in total. The Morgan fingerprint density at radius 1 is 1.05 bits per heavy atom. The van der Waals surface area contributed by atoms with Crippen molar-refractivity contribution < 1.29 is 33.8 Å². The SMILES string of the molecule is COc1c(C)c2c(c(O)c1C/C=C(\C)CCC(=O)NCCCCCNC(=O)CCCC[C@@H]1SC[C@@H]3NC(=O)N[C@@H]31)C(=O)OC2. The van der Waals surface area contributed by atoms with Gasteiger partial charge in [-0.05, 0) is 64.4 Å². The molecule has 3 aliphatic heterocycles. The van der Waals surface area contributed by atoms with Crippen molar-refractivity contribution in [3.05, 3.63) is 33.9 Å². The molecular formula is C32H46N4O7S. The number of allylic oxidation sites excluding steroid dienone is 2. The van der Waals surface area contributed by atoms with Crippen molar-refractivity contribution >= 4 is 35.6 Å². The first-order chi connectivity index (χ1) is 21.2. The second-order valence-corrected chi connectivity index (χ2v) is 13.1. The molecule has 0 saturated carbocycles. The maximum atomic E-state index is 12.3. The zero-order valence-corrected chi connectivity index (χ0v) is 26.8. The van der Waals surface area contributed by atoms with Crippen LogP contribution in [0.5, 0.6) is 11.5 Å². The number of thioether (sulfide) groups is 1. The summed E-state index contributed by atoms with van der Waals surface area (Å²) in [6.45, 7) is 5.17. The molecule has 4 amide bonds. The van der Waals surface area contributed by atoms with Crippen molar-refractivity contribution in [1.82, 2.24) is 21.3 Å². The maximum absolute atomic E-state index is 12.3. The van der Waals surface area contributed by atoms with Crippen molar-refractivity contribution in [2.45, 2.75) is 102 Å². The zero-order chi connectivity index (χ0) is 31.6. The van der Waals surface area contributed by atoms with Gasteiger partial charge in [-0.2, -0.15) is 11.8 Å². The summed E-state index contributed by atoms with van der Waals surface area (Å²) < 4.78 is 10.6. The van der Waals surface area contributed by atoms with Crippen LogP contribution in [0.4, 0.5) is 4.79 Å². The standard InChI is InChI=1S/C32H46N4O7S/c1-19(11-13-21-29(39)27-22(17-43-31(27)40)20(2)30(21)42-3)12-14-26(38)34-16-8-4-7-15-33-25(37)10-6-5-9-24-28-23(18-44-24)35-32(41)36-28/h11,23-24,28,39H,4-10,12-18H2,1-3H3,(H,33,37)(H,34,38)(H2,35,36,41)/b19-11+/t23-,24-,28-/m0/s1. The van der Waals surface area contributed by atoms with Crippen LogP contribution in [0.25, 0.3) is 0 Å². The summed E-state index contributed by atoms with van der Waals surface area (Å²) >= 11 is 1.90. The number of ether oxygens (including phenoxy) is 2. The molecule has 0 radical (unpaired) electrons. The van der Waals surface area contributed by atoms with E-state index < -0.39 is 5.97 Å². The monoisotopic (exact) mass is 630 g/mol. The number of benzene rings is 1. The summed E-state index contributed by atoms with van der Waals surface area (Å²) in [6, 6.07) is 0.394. The quantitative estimate of drug-likeness (QED) is 0.0754. The highest BCUT2D eigenvalue weighted by Crippen LogP contribution is 2.42. The smallest absolute Gasteiger partial charge is 0.342 e. The molecule has 3 heterocycles. The predicted octanol–water partition coefficient (Wildman–Crippen LogP) is 3.78. The number of carbonyl (C=O) groups is 4. The Morgan fingerprint density at radius 2 is 1.77 bits per heavy atom. The van der Waals surface area contributed by atoms with E-state index in [1.807, 2.05) is 31.7 Å². The Labute approximate surface area is 263 Å². The summed E-state index contributed by atoms with van der Waals surface area (Å²) in [6.07, 6.45) is 9.27. The van der Waals surface area contributed by atoms with Crippen LogP contribution >= 0.6 is 11.8 Å². The first kappa shape index (κ1) is 33.5. The normalized spacial score (nSPS) is 20.4. The molecule has 2 saturated heterocycles. The number of carbonyl (C=O) groups excluding carboxylic acids is 4. The minimum Gasteiger partial charge on any atom is -0.507 e. The third-order valence-corrected chi connectivity index (χ3v) is 10.1. The molecule has 242 valence electrons. The minimum absolute atomic E-state index is 0.0132. The molecule has 0 spiro atoms. The lowest BCUT2D eigenvalue weighted by Gasteiger charge is -2.16. The number of phenolic OH excluding ortho intramolecular Hbond substituents is 1. The average Bonchev–Trinajstić information content (AvgIpc) is 3.68. The second-order valence-electron chi connectivity index (χ2n) is 11.8. The van der Waals surface area contributed by atoms with Crippen molar-refractivity contribution in [3.8, 4) is 11.5 Å². The summed E-state index contributed by atoms with van der Waals surface area (Å²) in [5, 5.41) is 23.1. The fraction of sp³-hybridized carbons (Fsp3) is 0.625. The van der Waals surface area contributed by atoms with E-state index in [2.05, 4.69) is 21.3 Å². The Hall–Kier alpha value is -3.41. The molecule has 1 aromatic rings. The maximum Gasteiger partial charge on any atom is 0.342 e. The third-order valence-electron chi connectivity index (χ3n) is 8.63. The van der Waals surface area contributed by atoms with E-state index in [9.17, 15) is 24.3 Å². The second kappa shape index (κ2) is 16.1. The van der Waals surface area contributed by atoms with Gasteiger partial charge in [0, 0.05) is 48.1 Å². The number of methoxy groups -OCH3 is 1. The molecule has 2 fully saturated rings. The van der Waals surface area contributed by atoms with E-state index in [1.165, 1.54) is 7.11 Å². The van der Waals surface area contributed by atoms with E-state index >= 15 is 0 Å². The number of nitrogens with one attached hydrogen (secondary N) is 4. The molecule has 1 aromatic carbocycles. The molecule has 44 heavy (non-hydrogen) atoms. The fourth-order valence-corrected chi connectivity index (χ4v) is 7.59. The number of amides is 4. The van der Waals surface area contributed by atoms with Crippen molar-refractivity contribution in [3.63, 3.8) is 0 Å². The van der Waals surface area contributed by atoms with E-state index in [4.69, 9.17) is 9.47 Å². The molecule has 4 rings (SSSR count). The number of aromatic hydroxyl groups is 1. The molecule has 0 aromatic heterocycles. The number of esters is 1. The summed E-state index contributed by atoms with van der Waals surface area (Å²) in [7, 11) is 1.54. The highest BCUT2D eigenvalue weighted by Gasteiger charge is 2.42. The highest BCUT2D eigenvalue weighted by molar-refractivity contribution is 8.00. The summed E-state index contributed by atoms with van der Waals surface area (Å²) in [5.41, 5.74) is 3.21. The Bertz CT molecular complexity index is 1270. The Balaban J connectivity index is 1.02. The lowest BCUT2D eigenvalue weighted by Crippen LogP contribution is -2.36. The molecule has 0 aliphatic carbocycles. The van der Waals surface area contributed by atoms with Gasteiger partial charge in [-0.1, -0.05) is 18.1 Å². The van der Waals surface area contributed by atoms with Crippen molar-refractivity contribution in [1.29, 1.82) is 0 Å². The summed E-state index contributed by atoms with van der Waals surface area (Å²) in [4.78, 5) is 48.0. The van der Waals surface area contributed by atoms with Gasteiger partial charge in [-0.3, -0.25) is 9.59 Å². The number of urea groups is 1. The van der Waals surface area contributed by atoms with Crippen LogP contribution < -0.4 is 26.0 Å². The van der Waals surface area contributed by atoms with E-state index in [0.717, 1.165) is 55.4 Å². The van der Waals surface area contributed by atoms with Gasteiger partial charge >= 0.3 is 12.0 Å². The molecule has 3 aliphatic rings. The first-order valence-corrected chi connectivity index (χ1v) is 16.7. The number of cyclic esters (lactones) is 1. The van der Waals surface area contributed by atoms with Crippen LogP contribution in [0.15, 0.2) is 11.6 Å². The average molecular weight is 631 g/mol. The van der Waals surface area contributed by atoms with Crippen LogP contribution in [0.2, 0.25) is 0 Å². The molecule has 3 atom stereocenters. The minimum atomic E-state index is -0.522. The number of rotatable bonds is 17. The number of fused-ring (bicyclic) bond motifs is 2. The van der Waals surface area contributed by atoms with Gasteiger partial charge in [0.1, 0.15) is 23.7 Å². The molecule has 12 heteroatoms. The zero-order valence-electron chi connectivity index (χ0n) is 26.0. The van der Waals surface area contributed by atoms with Crippen LogP contribution in [0.1, 0.15) is 91.8 Å². The number of hydrogen-bond donors (Lipinski definition) is 5. The van der Waals surface area contributed by atoms with Gasteiger partial charge in [0.25, 0.3) is 0 Å². The number of phenols is 1. The predicted molar refractivity (Wildman–Crippen MR) is 169 cm³/mol. The van der Waals surface area contributed by atoms with Crippen molar-refractivity contribution in [2.75, 3.05) is 26.0 Å². The van der Waals surface area contributed by atoms with Gasteiger partial charge in [0.15, 0.2) is 0 Å². The summed E-state index contributed by atoms with van der Waals surface area (Å²) in [5.74, 6) is 0.951. The van der Waals surface area contributed by atoms with Gasteiger partial charge in [-0.25, -0.2) is 9.59 Å². The topological polar surface area (TPSA) is 155 Å². The molecule has 0 unspecified atom stereocenters. The van der Waals surface area contributed by atoms with Crippen molar-refractivity contribution in [2.24, 2.45) is 0 Å². The van der Waals surface area contributed by atoms with Crippen LogP contribution in [-0.4, -0.2) is 72.2 Å². The van der Waals surface area contributed by atoms with Crippen LogP contribution in [-0.2, 0) is 27.4 Å². The van der Waals surface area contributed by atoms with Gasteiger partial charge < -0.3 is 35.8 Å². The molecule has 0 bridgehead atoms. The number of hydrogen-bond acceptors (Lipinski definition) is 8. The van der Waals surface area contributed by atoms with Gasteiger partial charge in [0.2, 0.25) is 11.8 Å². The Morgan fingerprint density at radius 3 is 2.50 bits per heavy atom. The fourth-order valence-electron chi connectivity index (χ4n) is 6.05. The van der Waals surface area contributed by atoms with E-state index in [0.29, 0.717) is 60.9 Å². The van der Waals surface area contributed by atoms with E-state index in [-0.39, 0.29) is 47.8 Å². The lowest BCUT2D eigenvalue weighted by molar-refractivity contribution is -0.121.